The maximum Gasteiger partial charge on any atom is 0.00426 e. The molecule has 0 radical (unpaired) electrons. The van der Waals surface area contributed by atoms with Crippen molar-refractivity contribution >= 4 is 12.6 Å². The third-order valence-corrected chi connectivity index (χ3v) is 3.82. The standard InChI is InChI=1S/C10H20S/c1-8-4-6-10(2,3)7-5-9(8)11/h8-9,11H,4-7H2,1-3H3. The van der Waals surface area contributed by atoms with Gasteiger partial charge in [0.25, 0.3) is 0 Å². The quantitative estimate of drug-likeness (QED) is 0.419. The zero-order chi connectivity index (χ0) is 8.48. The Labute approximate surface area is 76.2 Å². The van der Waals surface area contributed by atoms with Crippen LogP contribution in [0.4, 0.5) is 0 Å². The maximum atomic E-state index is 4.60. The molecule has 0 amide bonds. The van der Waals surface area contributed by atoms with E-state index in [1.807, 2.05) is 0 Å². The van der Waals surface area contributed by atoms with Gasteiger partial charge in [-0.3, -0.25) is 0 Å². The molecular formula is C10H20S. The van der Waals surface area contributed by atoms with E-state index in [4.69, 9.17) is 0 Å². The van der Waals surface area contributed by atoms with Crippen molar-refractivity contribution in [3.05, 3.63) is 0 Å². The molecule has 0 aromatic carbocycles. The molecule has 0 nitrogen and oxygen atoms in total. The van der Waals surface area contributed by atoms with Crippen LogP contribution in [0, 0.1) is 11.3 Å². The SMILES string of the molecule is CC1CCC(C)(C)CCC1S. The van der Waals surface area contributed by atoms with Gasteiger partial charge in [0.05, 0.1) is 0 Å². The molecule has 0 spiro atoms. The van der Waals surface area contributed by atoms with E-state index in [1.165, 1.54) is 25.7 Å². The summed E-state index contributed by atoms with van der Waals surface area (Å²) in [6, 6.07) is 0. The van der Waals surface area contributed by atoms with Crippen molar-refractivity contribution in [2.45, 2.75) is 51.7 Å². The predicted molar refractivity (Wildman–Crippen MR) is 54.2 cm³/mol. The Hall–Kier alpha value is 0.350. The molecule has 11 heavy (non-hydrogen) atoms. The van der Waals surface area contributed by atoms with Gasteiger partial charge in [0, 0.05) is 5.25 Å². The first-order valence-electron chi connectivity index (χ1n) is 4.69. The van der Waals surface area contributed by atoms with Crippen LogP contribution in [0.15, 0.2) is 0 Å². The first-order valence-corrected chi connectivity index (χ1v) is 5.21. The van der Waals surface area contributed by atoms with Crippen molar-refractivity contribution in [1.82, 2.24) is 0 Å². The minimum absolute atomic E-state index is 0.575. The van der Waals surface area contributed by atoms with Crippen molar-refractivity contribution in [2.75, 3.05) is 0 Å². The van der Waals surface area contributed by atoms with Crippen LogP contribution >= 0.6 is 12.6 Å². The van der Waals surface area contributed by atoms with Crippen LogP contribution in [0.25, 0.3) is 0 Å². The van der Waals surface area contributed by atoms with Crippen molar-refractivity contribution in [1.29, 1.82) is 0 Å². The molecule has 0 heterocycles. The lowest BCUT2D eigenvalue weighted by molar-refractivity contribution is 0.310. The highest BCUT2D eigenvalue weighted by Crippen LogP contribution is 2.37. The van der Waals surface area contributed by atoms with E-state index in [-0.39, 0.29) is 0 Å². The van der Waals surface area contributed by atoms with Crippen LogP contribution in [0.5, 0.6) is 0 Å². The van der Waals surface area contributed by atoms with Crippen LogP contribution < -0.4 is 0 Å². The van der Waals surface area contributed by atoms with Crippen molar-refractivity contribution < 1.29 is 0 Å². The molecule has 0 aromatic rings. The van der Waals surface area contributed by atoms with Crippen LogP contribution in [0.2, 0.25) is 0 Å². The Balaban J connectivity index is 2.51. The van der Waals surface area contributed by atoms with Gasteiger partial charge in [-0.2, -0.15) is 12.6 Å². The maximum absolute atomic E-state index is 4.60. The van der Waals surface area contributed by atoms with Gasteiger partial charge in [-0.25, -0.2) is 0 Å². The second kappa shape index (κ2) is 3.38. The topological polar surface area (TPSA) is 0 Å². The van der Waals surface area contributed by atoms with E-state index in [2.05, 4.69) is 33.4 Å². The van der Waals surface area contributed by atoms with Crippen LogP contribution in [-0.4, -0.2) is 5.25 Å². The number of hydrogen-bond donors (Lipinski definition) is 1. The summed E-state index contributed by atoms with van der Waals surface area (Å²) in [5.41, 5.74) is 0.575. The molecule has 66 valence electrons. The van der Waals surface area contributed by atoms with Gasteiger partial charge in [-0.15, -0.1) is 0 Å². The molecule has 1 heteroatoms. The first-order chi connectivity index (χ1) is 5.01. The fourth-order valence-corrected chi connectivity index (χ4v) is 2.04. The third kappa shape index (κ3) is 2.70. The zero-order valence-electron chi connectivity index (χ0n) is 7.93. The molecule has 1 fully saturated rings. The first kappa shape index (κ1) is 9.44. The minimum atomic E-state index is 0.575. The zero-order valence-corrected chi connectivity index (χ0v) is 8.82. The molecule has 1 rings (SSSR count). The summed E-state index contributed by atoms with van der Waals surface area (Å²) >= 11 is 4.60. The molecule has 0 N–H and O–H groups in total. The second-order valence-electron chi connectivity index (χ2n) is 4.79. The molecule has 0 bridgehead atoms. The summed E-state index contributed by atoms with van der Waals surface area (Å²) in [6.45, 7) is 7.09. The average Bonchev–Trinajstić information content (AvgIpc) is 2.03. The van der Waals surface area contributed by atoms with Gasteiger partial charge in [-0.1, -0.05) is 20.8 Å². The smallest absolute Gasteiger partial charge is 0.00426 e. The van der Waals surface area contributed by atoms with E-state index >= 15 is 0 Å². The highest BCUT2D eigenvalue weighted by atomic mass is 32.1. The summed E-state index contributed by atoms with van der Waals surface area (Å²) in [5.74, 6) is 0.820. The summed E-state index contributed by atoms with van der Waals surface area (Å²) in [4.78, 5) is 0. The summed E-state index contributed by atoms with van der Waals surface area (Å²) in [5, 5.41) is 0.650. The molecule has 1 aliphatic carbocycles. The number of thiol groups is 1. The molecule has 1 saturated carbocycles. The van der Waals surface area contributed by atoms with E-state index in [1.54, 1.807) is 0 Å². The van der Waals surface area contributed by atoms with E-state index in [0.29, 0.717) is 10.7 Å². The highest BCUT2D eigenvalue weighted by molar-refractivity contribution is 7.81. The van der Waals surface area contributed by atoms with E-state index < -0.39 is 0 Å². The van der Waals surface area contributed by atoms with Gasteiger partial charge >= 0.3 is 0 Å². The van der Waals surface area contributed by atoms with Crippen LogP contribution in [-0.2, 0) is 0 Å². The van der Waals surface area contributed by atoms with Gasteiger partial charge < -0.3 is 0 Å². The molecular weight excluding hydrogens is 152 g/mol. The summed E-state index contributed by atoms with van der Waals surface area (Å²) in [6.07, 6.45) is 5.40. The number of hydrogen-bond acceptors (Lipinski definition) is 1. The van der Waals surface area contributed by atoms with Gasteiger partial charge in [0.1, 0.15) is 0 Å². The molecule has 2 atom stereocenters. The fraction of sp³-hybridized carbons (Fsp3) is 1.00. The monoisotopic (exact) mass is 172 g/mol. The number of rotatable bonds is 0. The average molecular weight is 172 g/mol. The Kier molecular flexibility index (Phi) is 2.90. The molecule has 0 aliphatic heterocycles. The highest BCUT2D eigenvalue weighted by Gasteiger charge is 2.26. The third-order valence-electron chi connectivity index (χ3n) is 3.05. The van der Waals surface area contributed by atoms with Crippen LogP contribution in [0.1, 0.15) is 46.5 Å². The van der Waals surface area contributed by atoms with E-state index in [0.717, 1.165) is 5.92 Å². The van der Waals surface area contributed by atoms with Crippen molar-refractivity contribution in [3.8, 4) is 0 Å². The molecule has 0 aromatic heterocycles. The lowest BCUT2D eigenvalue weighted by Gasteiger charge is -2.21. The summed E-state index contributed by atoms with van der Waals surface area (Å²) in [7, 11) is 0. The normalized spacial score (nSPS) is 38.2. The van der Waals surface area contributed by atoms with Crippen molar-refractivity contribution in [3.63, 3.8) is 0 Å². The Morgan fingerprint density at radius 3 is 2.36 bits per heavy atom. The lowest BCUT2D eigenvalue weighted by Crippen LogP contribution is -2.09. The fourth-order valence-electron chi connectivity index (χ4n) is 1.76. The molecule has 0 saturated heterocycles. The van der Waals surface area contributed by atoms with Crippen LogP contribution in [0.3, 0.4) is 0 Å². The molecule has 1 aliphatic rings. The Morgan fingerprint density at radius 1 is 1.18 bits per heavy atom. The largest absolute Gasteiger partial charge is 0.176 e. The predicted octanol–water partition coefficient (Wildman–Crippen LogP) is 3.52. The van der Waals surface area contributed by atoms with Crippen molar-refractivity contribution in [2.24, 2.45) is 11.3 Å². The minimum Gasteiger partial charge on any atom is -0.176 e. The van der Waals surface area contributed by atoms with E-state index in [9.17, 15) is 0 Å². The molecule has 2 unspecified atom stereocenters. The van der Waals surface area contributed by atoms with Gasteiger partial charge in [0.15, 0.2) is 0 Å². The Morgan fingerprint density at radius 2 is 1.73 bits per heavy atom. The van der Waals surface area contributed by atoms with Gasteiger partial charge in [0.2, 0.25) is 0 Å². The van der Waals surface area contributed by atoms with Gasteiger partial charge in [-0.05, 0) is 37.0 Å². The Bertz CT molecular complexity index is 115. The second-order valence-corrected chi connectivity index (χ2v) is 5.45. The summed E-state index contributed by atoms with van der Waals surface area (Å²) < 4.78 is 0. The lowest BCUT2D eigenvalue weighted by atomic mass is 9.85.